The number of aryl methyl sites for hydroxylation is 1. The van der Waals surface area contributed by atoms with Gasteiger partial charge in [-0.2, -0.15) is 0 Å². The van der Waals surface area contributed by atoms with Crippen LogP contribution in [-0.4, -0.2) is 53.1 Å². The average Bonchev–Trinajstić information content (AvgIpc) is 2.87. The Hall–Kier alpha value is -3.81. The van der Waals surface area contributed by atoms with Crippen LogP contribution in [0.4, 0.5) is 16.2 Å². The number of nitrogens with two attached hydrogens (primary N) is 1. The Morgan fingerprint density at radius 1 is 1.08 bits per heavy atom. The first kappa shape index (κ1) is 27.8. The second kappa shape index (κ2) is 12.0. The molecule has 0 fully saturated rings. The third kappa shape index (κ3) is 6.50. The van der Waals surface area contributed by atoms with Gasteiger partial charge < -0.3 is 21.1 Å². The Balaban J connectivity index is 1.95. The number of carbonyl (C=O) groups is 3. The van der Waals surface area contributed by atoms with Gasteiger partial charge in [0.2, 0.25) is 5.91 Å². The summed E-state index contributed by atoms with van der Waals surface area (Å²) in [4.78, 5) is 41.0. The Morgan fingerprint density at radius 3 is 2.32 bits per heavy atom. The Kier molecular flexibility index (Phi) is 8.97. The molecule has 0 bridgehead atoms. The summed E-state index contributed by atoms with van der Waals surface area (Å²) in [5.74, 6) is -0.796. The fraction of sp³-hybridized carbons (Fsp3) is 0.414. The predicted octanol–water partition coefficient (Wildman–Crippen LogP) is 4.53. The third-order valence-corrected chi connectivity index (χ3v) is 6.93. The number of nitrogens with zero attached hydrogens (tertiary/aromatic N) is 2. The SMILES string of the molecule is CCN(CC)c1ccc(NC(=O)C2(N(CC(C)C)C(=O)O)CCc3cc(/C=C/C(N)=O)ccc3C2)cc1. The minimum absolute atomic E-state index is 0.0526. The van der Waals surface area contributed by atoms with E-state index in [1.54, 1.807) is 6.08 Å². The number of anilines is 2. The molecule has 0 aliphatic heterocycles. The van der Waals surface area contributed by atoms with E-state index in [4.69, 9.17) is 5.73 Å². The summed E-state index contributed by atoms with van der Waals surface area (Å²) >= 11 is 0. The number of rotatable bonds is 10. The van der Waals surface area contributed by atoms with E-state index in [0.717, 1.165) is 35.5 Å². The number of hydrogen-bond acceptors (Lipinski definition) is 4. The van der Waals surface area contributed by atoms with Crippen LogP contribution < -0.4 is 16.0 Å². The van der Waals surface area contributed by atoms with Crippen LogP contribution in [0.3, 0.4) is 0 Å². The maximum Gasteiger partial charge on any atom is 0.408 e. The van der Waals surface area contributed by atoms with E-state index >= 15 is 0 Å². The minimum Gasteiger partial charge on any atom is -0.465 e. The highest BCUT2D eigenvalue weighted by Crippen LogP contribution is 2.36. The number of nitrogens with one attached hydrogen (secondary N) is 1. The average molecular weight is 507 g/mol. The molecule has 0 spiro atoms. The van der Waals surface area contributed by atoms with Gasteiger partial charge in [-0.1, -0.05) is 32.0 Å². The lowest BCUT2D eigenvalue weighted by atomic mass is 9.75. The first-order valence-corrected chi connectivity index (χ1v) is 12.9. The van der Waals surface area contributed by atoms with Crippen LogP contribution in [0.5, 0.6) is 0 Å². The zero-order valence-electron chi connectivity index (χ0n) is 22.2. The second-order valence-corrected chi connectivity index (χ2v) is 9.93. The van der Waals surface area contributed by atoms with E-state index in [-0.39, 0.29) is 24.8 Å². The summed E-state index contributed by atoms with van der Waals surface area (Å²) < 4.78 is 0. The molecule has 8 heteroatoms. The van der Waals surface area contributed by atoms with Crippen molar-refractivity contribution < 1.29 is 19.5 Å². The van der Waals surface area contributed by atoms with Crippen LogP contribution in [-0.2, 0) is 22.4 Å². The van der Waals surface area contributed by atoms with Crippen molar-refractivity contribution in [3.05, 3.63) is 65.2 Å². The van der Waals surface area contributed by atoms with Gasteiger partial charge in [-0.15, -0.1) is 0 Å². The number of carboxylic acid groups (broad SMARTS) is 1. The largest absolute Gasteiger partial charge is 0.465 e. The molecule has 0 aromatic heterocycles. The monoisotopic (exact) mass is 506 g/mol. The zero-order valence-corrected chi connectivity index (χ0v) is 22.2. The van der Waals surface area contributed by atoms with E-state index in [9.17, 15) is 19.5 Å². The van der Waals surface area contributed by atoms with Crippen molar-refractivity contribution in [3.63, 3.8) is 0 Å². The quantitative estimate of drug-likeness (QED) is 0.409. The maximum atomic E-state index is 13.9. The number of benzene rings is 2. The number of primary amides is 1. The van der Waals surface area contributed by atoms with Crippen LogP contribution in [0.15, 0.2) is 48.5 Å². The van der Waals surface area contributed by atoms with E-state index in [1.807, 2.05) is 56.3 Å². The molecule has 2 aromatic rings. The molecule has 0 radical (unpaired) electrons. The predicted molar refractivity (Wildman–Crippen MR) is 148 cm³/mol. The summed E-state index contributed by atoms with van der Waals surface area (Å²) in [7, 11) is 0. The van der Waals surface area contributed by atoms with Gasteiger partial charge in [0, 0.05) is 43.5 Å². The fourth-order valence-electron chi connectivity index (χ4n) is 5.02. The normalized spacial score (nSPS) is 16.9. The van der Waals surface area contributed by atoms with E-state index in [2.05, 4.69) is 24.1 Å². The molecule has 1 atom stereocenters. The molecule has 8 nitrogen and oxygen atoms in total. The maximum absolute atomic E-state index is 13.9. The van der Waals surface area contributed by atoms with Crippen LogP contribution in [0.2, 0.25) is 0 Å². The van der Waals surface area contributed by atoms with Crippen LogP contribution >= 0.6 is 0 Å². The van der Waals surface area contributed by atoms with E-state index in [1.165, 1.54) is 11.0 Å². The summed E-state index contributed by atoms with van der Waals surface area (Å²) in [5.41, 5.74) is 8.46. The highest BCUT2D eigenvalue weighted by Gasteiger charge is 2.48. The molecular formula is C29H38N4O4. The molecule has 2 aromatic carbocycles. The second-order valence-electron chi connectivity index (χ2n) is 9.93. The summed E-state index contributed by atoms with van der Waals surface area (Å²) in [6.45, 7) is 10.1. The zero-order chi connectivity index (χ0) is 27.2. The molecule has 198 valence electrons. The van der Waals surface area contributed by atoms with Crippen LogP contribution in [0.1, 0.15) is 50.8 Å². The van der Waals surface area contributed by atoms with Gasteiger partial charge in [-0.3, -0.25) is 14.5 Å². The molecule has 0 heterocycles. The van der Waals surface area contributed by atoms with Crippen molar-refractivity contribution >= 4 is 35.4 Å². The van der Waals surface area contributed by atoms with E-state index in [0.29, 0.717) is 18.5 Å². The van der Waals surface area contributed by atoms with Crippen molar-refractivity contribution in [2.45, 2.75) is 52.5 Å². The first-order chi connectivity index (χ1) is 17.6. The molecule has 0 saturated carbocycles. The number of fused-ring (bicyclic) bond motifs is 1. The van der Waals surface area contributed by atoms with Crippen molar-refractivity contribution in [1.82, 2.24) is 4.90 Å². The number of carbonyl (C=O) groups excluding carboxylic acids is 2. The van der Waals surface area contributed by atoms with Gasteiger partial charge in [0.25, 0.3) is 5.91 Å². The molecule has 1 aliphatic carbocycles. The Labute approximate surface area is 219 Å². The van der Waals surface area contributed by atoms with Crippen LogP contribution in [0, 0.1) is 5.92 Å². The van der Waals surface area contributed by atoms with E-state index < -0.39 is 17.5 Å². The molecule has 1 unspecified atom stereocenters. The van der Waals surface area contributed by atoms with Gasteiger partial charge in [0.05, 0.1) is 0 Å². The van der Waals surface area contributed by atoms with Gasteiger partial charge >= 0.3 is 6.09 Å². The standard InChI is InChI=1S/C29H38N4O4/c1-5-32(6-2)25-12-10-24(11-13-25)31-27(35)29(33(28(36)37)19-20(3)4)16-15-22-17-21(8-14-26(30)34)7-9-23(22)18-29/h7-14,17,20H,5-6,15-16,18-19H2,1-4H3,(H2,30,34)(H,31,35)(H,36,37)/b14-8+. The van der Waals surface area contributed by atoms with Gasteiger partial charge in [-0.05, 0) is 79.6 Å². The molecule has 4 N–H and O–H groups in total. The highest BCUT2D eigenvalue weighted by molar-refractivity contribution is 6.00. The minimum atomic E-state index is -1.24. The molecule has 3 amide bonds. The number of amides is 3. The topological polar surface area (TPSA) is 116 Å². The first-order valence-electron chi connectivity index (χ1n) is 12.9. The fourth-order valence-corrected chi connectivity index (χ4v) is 5.02. The third-order valence-electron chi connectivity index (χ3n) is 6.93. The molecule has 1 aliphatic rings. The lowest BCUT2D eigenvalue weighted by molar-refractivity contribution is -0.128. The van der Waals surface area contributed by atoms with Crippen molar-refractivity contribution in [1.29, 1.82) is 0 Å². The number of hydrogen-bond donors (Lipinski definition) is 3. The van der Waals surface area contributed by atoms with Crippen molar-refractivity contribution in [3.8, 4) is 0 Å². The highest BCUT2D eigenvalue weighted by atomic mass is 16.4. The van der Waals surface area contributed by atoms with Crippen LogP contribution in [0.25, 0.3) is 6.08 Å². The summed E-state index contributed by atoms with van der Waals surface area (Å²) in [6, 6.07) is 13.4. The molecule has 3 rings (SSSR count). The Bertz CT molecular complexity index is 1150. The smallest absolute Gasteiger partial charge is 0.408 e. The van der Waals surface area contributed by atoms with Gasteiger partial charge in [-0.25, -0.2) is 4.79 Å². The van der Waals surface area contributed by atoms with Gasteiger partial charge in [0.15, 0.2) is 0 Å². The van der Waals surface area contributed by atoms with Crippen molar-refractivity contribution in [2.24, 2.45) is 11.7 Å². The van der Waals surface area contributed by atoms with Crippen molar-refractivity contribution in [2.75, 3.05) is 29.9 Å². The van der Waals surface area contributed by atoms with Gasteiger partial charge in [0.1, 0.15) is 5.54 Å². The Morgan fingerprint density at radius 2 is 1.76 bits per heavy atom. The molecular weight excluding hydrogens is 468 g/mol. The summed E-state index contributed by atoms with van der Waals surface area (Å²) in [5, 5.41) is 13.2. The lowest BCUT2D eigenvalue weighted by Gasteiger charge is -2.44. The summed E-state index contributed by atoms with van der Waals surface area (Å²) in [6.07, 6.45) is 3.01. The molecule has 0 saturated heterocycles. The molecule has 37 heavy (non-hydrogen) atoms. The lowest BCUT2D eigenvalue weighted by Crippen LogP contribution is -2.62.